The molecule has 0 saturated heterocycles. The standard InChI is InChI=1S/C20H19N3O3/c21-19(24)14-26-17-10-8-16(9-11-17)22-20(25)18-7-4-12-23(18)13-15-5-2-1-3-6-15/h1-12H,13-14H2,(H2,21,24)(H,22,25). The Morgan fingerprint density at radius 3 is 2.38 bits per heavy atom. The smallest absolute Gasteiger partial charge is 0.272 e. The summed E-state index contributed by atoms with van der Waals surface area (Å²) in [5.41, 5.74) is 7.36. The second-order valence-corrected chi connectivity index (χ2v) is 5.74. The molecule has 3 aromatic rings. The molecule has 3 rings (SSSR count). The van der Waals surface area contributed by atoms with Crippen LogP contribution in [-0.2, 0) is 11.3 Å². The summed E-state index contributed by atoms with van der Waals surface area (Å²) in [7, 11) is 0. The summed E-state index contributed by atoms with van der Waals surface area (Å²) < 4.78 is 7.09. The summed E-state index contributed by atoms with van der Waals surface area (Å²) in [6.45, 7) is 0.440. The van der Waals surface area contributed by atoms with Crippen molar-refractivity contribution in [2.75, 3.05) is 11.9 Å². The molecule has 132 valence electrons. The van der Waals surface area contributed by atoms with Crippen LogP contribution in [0.3, 0.4) is 0 Å². The molecule has 3 N–H and O–H groups in total. The van der Waals surface area contributed by atoms with Gasteiger partial charge in [0.05, 0.1) is 0 Å². The minimum Gasteiger partial charge on any atom is -0.484 e. The lowest BCUT2D eigenvalue weighted by Crippen LogP contribution is -2.20. The first kappa shape index (κ1) is 17.3. The molecule has 6 heteroatoms. The maximum Gasteiger partial charge on any atom is 0.272 e. The number of nitrogens with one attached hydrogen (secondary N) is 1. The van der Waals surface area contributed by atoms with Crippen molar-refractivity contribution in [2.24, 2.45) is 5.73 Å². The van der Waals surface area contributed by atoms with Crippen LogP contribution in [0.25, 0.3) is 0 Å². The monoisotopic (exact) mass is 349 g/mol. The Morgan fingerprint density at radius 1 is 0.962 bits per heavy atom. The van der Waals surface area contributed by atoms with E-state index in [0.29, 0.717) is 23.7 Å². The number of carbonyl (C=O) groups is 2. The zero-order chi connectivity index (χ0) is 18.4. The molecule has 0 atom stereocenters. The minimum atomic E-state index is -0.540. The molecule has 26 heavy (non-hydrogen) atoms. The lowest BCUT2D eigenvalue weighted by molar-refractivity contribution is -0.119. The van der Waals surface area contributed by atoms with Crippen molar-refractivity contribution >= 4 is 17.5 Å². The first-order chi connectivity index (χ1) is 12.6. The molecule has 0 aliphatic carbocycles. The SMILES string of the molecule is NC(=O)COc1ccc(NC(=O)c2cccn2Cc2ccccc2)cc1. The van der Waals surface area contributed by atoms with Gasteiger partial charge in [0.25, 0.3) is 11.8 Å². The third-order valence-electron chi connectivity index (χ3n) is 3.75. The predicted molar refractivity (Wildman–Crippen MR) is 99.1 cm³/mol. The molecule has 0 bridgehead atoms. The molecular weight excluding hydrogens is 330 g/mol. The zero-order valence-electron chi connectivity index (χ0n) is 14.1. The van der Waals surface area contributed by atoms with Crippen LogP contribution in [0.15, 0.2) is 72.9 Å². The van der Waals surface area contributed by atoms with Gasteiger partial charge in [0.15, 0.2) is 6.61 Å². The molecule has 0 spiro atoms. The van der Waals surface area contributed by atoms with Gasteiger partial charge in [-0.25, -0.2) is 0 Å². The van der Waals surface area contributed by atoms with E-state index in [4.69, 9.17) is 10.5 Å². The summed E-state index contributed by atoms with van der Waals surface area (Å²) in [4.78, 5) is 23.3. The van der Waals surface area contributed by atoms with Gasteiger partial charge in [-0.3, -0.25) is 9.59 Å². The van der Waals surface area contributed by atoms with E-state index < -0.39 is 5.91 Å². The summed E-state index contributed by atoms with van der Waals surface area (Å²) in [5, 5.41) is 2.86. The Hall–Kier alpha value is -3.54. The van der Waals surface area contributed by atoms with E-state index in [1.807, 2.05) is 47.2 Å². The summed E-state index contributed by atoms with van der Waals surface area (Å²) in [6, 6.07) is 20.3. The molecule has 1 aromatic heterocycles. The zero-order valence-corrected chi connectivity index (χ0v) is 14.1. The van der Waals surface area contributed by atoms with Crippen LogP contribution in [0.1, 0.15) is 16.1 Å². The number of nitrogens with zero attached hydrogens (tertiary/aromatic N) is 1. The van der Waals surface area contributed by atoms with Gasteiger partial charge in [-0.05, 0) is 42.0 Å². The molecule has 0 saturated carbocycles. The second-order valence-electron chi connectivity index (χ2n) is 5.74. The normalized spacial score (nSPS) is 10.3. The molecule has 0 radical (unpaired) electrons. The number of benzene rings is 2. The molecule has 6 nitrogen and oxygen atoms in total. The van der Waals surface area contributed by atoms with Crippen LogP contribution in [0.5, 0.6) is 5.75 Å². The van der Waals surface area contributed by atoms with Crippen LogP contribution < -0.4 is 15.8 Å². The number of ether oxygens (including phenoxy) is 1. The van der Waals surface area contributed by atoms with E-state index in [1.165, 1.54) is 0 Å². The molecule has 0 unspecified atom stereocenters. The fraction of sp³-hybridized carbons (Fsp3) is 0.100. The number of anilines is 1. The number of nitrogens with two attached hydrogens (primary N) is 1. The molecule has 1 heterocycles. The molecule has 0 aliphatic heterocycles. The Bertz CT molecular complexity index is 886. The van der Waals surface area contributed by atoms with Gasteiger partial charge < -0.3 is 20.4 Å². The average Bonchev–Trinajstić information content (AvgIpc) is 3.10. The van der Waals surface area contributed by atoms with E-state index in [9.17, 15) is 9.59 Å². The van der Waals surface area contributed by atoms with Gasteiger partial charge in [0.2, 0.25) is 0 Å². The average molecular weight is 349 g/mol. The maximum absolute atomic E-state index is 12.6. The highest BCUT2D eigenvalue weighted by molar-refractivity contribution is 6.03. The van der Waals surface area contributed by atoms with E-state index in [2.05, 4.69) is 5.32 Å². The lowest BCUT2D eigenvalue weighted by atomic mass is 10.2. The number of hydrogen-bond acceptors (Lipinski definition) is 3. The van der Waals surface area contributed by atoms with Gasteiger partial charge in [0, 0.05) is 18.4 Å². The minimum absolute atomic E-state index is 0.182. The Morgan fingerprint density at radius 2 is 1.69 bits per heavy atom. The van der Waals surface area contributed by atoms with Crippen molar-refractivity contribution in [3.8, 4) is 5.75 Å². The highest BCUT2D eigenvalue weighted by atomic mass is 16.5. The van der Waals surface area contributed by atoms with Gasteiger partial charge in [0.1, 0.15) is 11.4 Å². The maximum atomic E-state index is 12.6. The molecular formula is C20H19N3O3. The van der Waals surface area contributed by atoms with E-state index >= 15 is 0 Å². The van der Waals surface area contributed by atoms with Gasteiger partial charge in [-0.1, -0.05) is 30.3 Å². The van der Waals surface area contributed by atoms with Crippen LogP contribution >= 0.6 is 0 Å². The Balaban J connectivity index is 1.65. The van der Waals surface area contributed by atoms with E-state index in [1.54, 1.807) is 30.3 Å². The fourth-order valence-corrected chi connectivity index (χ4v) is 2.52. The molecule has 2 amide bonds. The van der Waals surface area contributed by atoms with Crippen molar-refractivity contribution in [3.63, 3.8) is 0 Å². The highest BCUT2D eigenvalue weighted by Gasteiger charge is 2.11. The van der Waals surface area contributed by atoms with Crippen LogP contribution in [0, 0.1) is 0 Å². The number of aromatic nitrogens is 1. The van der Waals surface area contributed by atoms with Crippen molar-refractivity contribution < 1.29 is 14.3 Å². The third kappa shape index (κ3) is 4.51. The highest BCUT2D eigenvalue weighted by Crippen LogP contribution is 2.17. The first-order valence-electron chi connectivity index (χ1n) is 8.13. The largest absolute Gasteiger partial charge is 0.484 e. The number of amides is 2. The van der Waals surface area contributed by atoms with Crippen molar-refractivity contribution in [2.45, 2.75) is 6.54 Å². The fourth-order valence-electron chi connectivity index (χ4n) is 2.52. The third-order valence-corrected chi connectivity index (χ3v) is 3.75. The van der Waals surface area contributed by atoms with E-state index in [0.717, 1.165) is 5.56 Å². The number of hydrogen-bond donors (Lipinski definition) is 2. The molecule has 2 aromatic carbocycles. The van der Waals surface area contributed by atoms with Crippen molar-refractivity contribution in [1.29, 1.82) is 0 Å². The predicted octanol–water partition coefficient (Wildman–Crippen LogP) is 2.65. The quantitative estimate of drug-likeness (QED) is 0.687. The van der Waals surface area contributed by atoms with Crippen molar-refractivity contribution in [3.05, 3.63) is 84.2 Å². The van der Waals surface area contributed by atoms with Gasteiger partial charge in [-0.15, -0.1) is 0 Å². The summed E-state index contributed by atoms with van der Waals surface area (Å²) in [6.07, 6.45) is 1.88. The van der Waals surface area contributed by atoms with Crippen LogP contribution in [0.2, 0.25) is 0 Å². The Kier molecular flexibility index (Phi) is 5.34. The number of primary amides is 1. The van der Waals surface area contributed by atoms with Gasteiger partial charge in [-0.2, -0.15) is 0 Å². The topological polar surface area (TPSA) is 86.4 Å². The summed E-state index contributed by atoms with van der Waals surface area (Å²) >= 11 is 0. The van der Waals surface area contributed by atoms with Crippen molar-refractivity contribution in [1.82, 2.24) is 4.57 Å². The number of carbonyl (C=O) groups excluding carboxylic acids is 2. The van der Waals surface area contributed by atoms with Crippen LogP contribution in [0.4, 0.5) is 5.69 Å². The van der Waals surface area contributed by atoms with Crippen LogP contribution in [-0.4, -0.2) is 23.0 Å². The molecule has 0 aliphatic rings. The van der Waals surface area contributed by atoms with Gasteiger partial charge >= 0.3 is 0 Å². The summed E-state index contributed by atoms with van der Waals surface area (Å²) in [5.74, 6) is -0.229. The molecule has 0 fully saturated rings. The van der Waals surface area contributed by atoms with E-state index in [-0.39, 0.29) is 12.5 Å². The lowest BCUT2D eigenvalue weighted by Gasteiger charge is -2.11. The first-order valence-corrected chi connectivity index (χ1v) is 8.13. The Labute approximate surface area is 151 Å². The second kappa shape index (κ2) is 8.02. The number of rotatable bonds is 7.